The van der Waals surface area contributed by atoms with Gasteiger partial charge in [-0.1, -0.05) is 18.2 Å². The quantitative estimate of drug-likeness (QED) is 0.711. The van der Waals surface area contributed by atoms with E-state index in [1.165, 1.54) is 22.9 Å². The lowest BCUT2D eigenvalue weighted by atomic mass is 10.00. The highest BCUT2D eigenvalue weighted by molar-refractivity contribution is 6.03. The maximum atomic E-state index is 13.1. The summed E-state index contributed by atoms with van der Waals surface area (Å²) in [4.78, 5) is 36.8. The number of nitrogens with one attached hydrogen (secondary N) is 1. The number of nitrogens with zero attached hydrogens (tertiary/aromatic N) is 1. The largest absolute Gasteiger partial charge is 0.368 e. The van der Waals surface area contributed by atoms with E-state index in [1.54, 1.807) is 50.2 Å². The molecule has 2 unspecified atom stereocenters. The van der Waals surface area contributed by atoms with Crippen LogP contribution in [0.4, 0.5) is 10.1 Å². The van der Waals surface area contributed by atoms with Gasteiger partial charge in [0.05, 0.1) is 5.92 Å². The summed E-state index contributed by atoms with van der Waals surface area (Å²) in [6, 6.07) is 11.6. The third-order valence-corrected chi connectivity index (χ3v) is 4.82. The van der Waals surface area contributed by atoms with Crippen molar-refractivity contribution in [3.63, 3.8) is 0 Å². The molecule has 7 heteroatoms. The fraction of sp³-hybridized carbons (Fsp3) is 0.190. The van der Waals surface area contributed by atoms with E-state index in [1.807, 2.05) is 0 Å². The molecule has 2 atom stereocenters. The van der Waals surface area contributed by atoms with Crippen LogP contribution in [0, 0.1) is 5.82 Å². The Morgan fingerprint density at radius 1 is 1.04 bits per heavy atom. The molecule has 2 aromatic carbocycles. The molecule has 3 aromatic rings. The lowest BCUT2D eigenvalue weighted by Crippen LogP contribution is -2.31. The Labute approximate surface area is 160 Å². The third kappa shape index (κ3) is 3.64. The van der Waals surface area contributed by atoms with Gasteiger partial charge in [-0.2, -0.15) is 0 Å². The van der Waals surface area contributed by atoms with E-state index >= 15 is 0 Å². The van der Waals surface area contributed by atoms with Crippen LogP contribution in [0.3, 0.4) is 0 Å². The maximum Gasteiger partial charge on any atom is 0.259 e. The summed E-state index contributed by atoms with van der Waals surface area (Å²) < 4.78 is 14.3. The second-order valence-corrected chi connectivity index (χ2v) is 6.64. The molecule has 28 heavy (non-hydrogen) atoms. The van der Waals surface area contributed by atoms with Gasteiger partial charge in [-0.3, -0.25) is 14.4 Å². The number of anilines is 1. The monoisotopic (exact) mass is 381 g/mol. The van der Waals surface area contributed by atoms with Gasteiger partial charge in [0.1, 0.15) is 11.9 Å². The zero-order valence-electron chi connectivity index (χ0n) is 15.5. The molecule has 1 heterocycles. The average molecular weight is 381 g/mol. The zero-order chi connectivity index (χ0) is 20.4. The van der Waals surface area contributed by atoms with Crippen molar-refractivity contribution in [2.75, 3.05) is 5.32 Å². The standard InChI is InChI=1S/C21H20FN3O3/c1-12(14-6-8-15(22)9-7-14)20(27)24-18-5-3-4-17-16(18)10-11-25(21(17)28)13(2)19(23)26/h3-13H,1-2H3,(H2,23,26)(H,24,27). The molecule has 2 amide bonds. The van der Waals surface area contributed by atoms with E-state index in [-0.39, 0.29) is 17.3 Å². The van der Waals surface area contributed by atoms with Crippen LogP contribution in [-0.2, 0) is 9.59 Å². The van der Waals surface area contributed by atoms with Crippen LogP contribution in [-0.4, -0.2) is 16.4 Å². The number of carbonyl (C=O) groups is 2. The van der Waals surface area contributed by atoms with Crippen molar-refractivity contribution in [2.45, 2.75) is 25.8 Å². The van der Waals surface area contributed by atoms with Gasteiger partial charge in [-0.25, -0.2) is 4.39 Å². The first-order chi connectivity index (χ1) is 13.3. The molecule has 0 saturated heterocycles. The van der Waals surface area contributed by atoms with Crippen LogP contribution in [0.2, 0.25) is 0 Å². The lowest BCUT2D eigenvalue weighted by molar-refractivity contribution is -0.120. The molecule has 0 fully saturated rings. The fourth-order valence-corrected chi connectivity index (χ4v) is 2.99. The number of aromatic nitrogens is 1. The minimum atomic E-state index is -0.784. The molecular weight excluding hydrogens is 361 g/mol. The summed E-state index contributed by atoms with van der Waals surface area (Å²) >= 11 is 0. The number of hydrogen-bond donors (Lipinski definition) is 2. The van der Waals surface area contributed by atoms with Crippen molar-refractivity contribution in [2.24, 2.45) is 5.73 Å². The molecule has 0 aliphatic heterocycles. The molecule has 0 aliphatic carbocycles. The molecule has 0 radical (unpaired) electrons. The van der Waals surface area contributed by atoms with E-state index in [0.29, 0.717) is 22.0 Å². The van der Waals surface area contributed by atoms with Gasteiger partial charge in [0.2, 0.25) is 11.8 Å². The van der Waals surface area contributed by atoms with Crippen molar-refractivity contribution in [3.05, 3.63) is 76.5 Å². The number of fused-ring (bicyclic) bond motifs is 1. The number of carbonyl (C=O) groups excluding carboxylic acids is 2. The Morgan fingerprint density at radius 2 is 1.71 bits per heavy atom. The first kappa shape index (κ1) is 19.3. The number of halogens is 1. The second-order valence-electron chi connectivity index (χ2n) is 6.64. The fourth-order valence-electron chi connectivity index (χ4n) is 2.99. The van der Waals surface area contributed by atoms with E-state index in [4.69, 9.17) is 5.73 Å². The average Bonchev–Trinajstić information content (AvgIpc) is 2.68. The van der Waals surface area contributed by atoms with Gasteiger partial charge >= 0.3 is 0 Å². The number of rotatable bonds is 5. The highest BCUT2D eigenvalue weighted by Crippen LogP contribution is 2.24. The van der Waals surface area contributed by atoms with Gasteiger partial charge in [0.15, 0.2) is 0 Å². The number of hydrogen-bond acceptors (Lipinski definition) is 3. The SMILES string of the molecule is CC(C(=O)Nc1cccc2c(=O)n(C(C)C(N)=O)ccc12)c1ccc(F)cc1. The van der Waals surface area contributed by atoms with Crippen molar-refractivity contribution in [1.29, 1.82) is 0 Å². The molecule has 0 aliphatic rings. The van der Waals surface area contributed by atoms with Crippen molar-refractivity contribution >= 4 is 28.3 Å². The van der Waals surface area contributed by atoms with Crippen LogP contribution in [0.25, 0.3) is 10.8 Å². The molecule has 0 saturated carbocycles. The maximum absolute atomic E-state index is 13.1. The minimum Gasteiger partial charge on any atom is -0.368 e. The number of primary amides is 1. The van der Waals surface area contributed by atoms with Crippen molar-refractivity contribution in [1.82, 2.24) is 4.57 Å². The first-order valence-corrected chi connectivity index (χ1v) is 8.79. The van der Waals surface area contributed by atoms with E-state index in [0.717, 1.165) is 0 Å². The molecular formula is C21H20FN3O3. The number of pyridine rings is 1. The lowest BCUT2D eigenvalue weighted by Gasteiger charge is -2.16. The number of benzene rings is 2. The summed E-state index contributed by atoms with van der Waals surface area (Å²) in [5, 5.41) is 3.74. The Bertz CT molecular complexity index is 1110. The highest BCUT2D eigenvalue weighted by Gasteiger charge is 2.18. The Balaban J connectivity index is 1.94. The third-order valence-electron chi connectivity index (χ3n) is 4.82. The van der Waals surface area contributed by atoms with Gasteiger partial charge in [-0.15, -0.1) is 0 Å². The zero-order valence-corrected chi connectivity index (χ0v) is 15.5. The Morgan fingerprint density at radius 3 is 2.36 bits per heavy atom. The molecule has 0 spiro atoms. The smallest absolute Gasteiger partial charge is 0.259 e. The predicted octanol–water partition coefficient (Wildman–Crippen LogP) is 2.93. The van der Waals surface area contributed by atoms with Gasteiger partial charge < -0.3 is 15.6 Å². The van der Waals surface area contributed by atoms with Crippen LogP contribution in [0.15, 0.2) is 59.5 Å². The van der Waals surface area contributed by atoms with E-state index < -0.39 is 17.9 Å². The normalized spacial score (nSPS) is 13.1. The molecule has 1 aromatic heterocycles. The van der Waals surface area contributed by atoms with Crippen molar-refractivity contribution in [3.8, 4) is 0 Å². The Kier molecular flexibility index (Phi) is 5.26. The van der Waals surface area contributed by atoms with E-state index in [9.17, 15) is 18.8 Å². The Hall–Kier alpha value is -3.48. The number of amides is 2. The van der Waals surface area contributed by atoms with Gasteiger partial charge in [-0.05, 0) is 49.7 Å². The van der Waals surface area contributed by atoms with Crippen LogP contribution in [0.1, 0.15) is 31.4 Å². The molecule has 0 bridgehead atoms. The molecule has 6 nitrogen and oxygen atoms in total. The highest BCUT2D eigenvalue weighted by atomic mass is 19.1. The van der Waals surface area contributed by atoms with Crippen molar-refractivity contribution < 1.29 is 14.0 Å². The summed E-state index contributed by atoms with van der Waals surface area (Å²) in [6.45, 7) is 3.26. The summed E-state index contributed by atoms with van der Waals surface area (Å²) in [5.41, 5.74) is 6.08. The minimum absolute atomic E-state index is 0.284. The van der Waals surface area contributed by atoms with Gasteiger partial charge in [0.25, 0.3) is 5.56 Å². The van der Waals surface area contributed by atoms with Crippen LogP contribution < -0.4 is 16.6 Å². The topological polar surface area (TPSA) is 94.2 Å². The molecule has 3 N–H and O–H groups in total. The molecule has 3 rings (SSSR count). The summed E-state index contributed by atoms with van der Waals surface area (Å²) in [5.74, 6) is -1.77. The van der Waals surface area contributed by atoms with Gasteiger partial charge in [0, 0.05) is 22.7 Å². The van der Waals surface area contributed by atoms with Crippen LogP contribution >= 0.6 is 0 Å². The molecule has 144 valence electrons. The first-order valence-electron chi connectivity index (χ1n) is 8.79. The number of nitrogens with two attached hydrogens (primary N) is 1. The van der Waals surface area contributed by atoms with E-state index in [2.05, 4.69) is 5.32 Å². The second kappa shape index (κ2) is 7.64. The summed E-state index contributed by atoms with van der Waals surface area (Å²) in [7, 11) is 0. The summed E-state index contributed by atoms with van der Waals surface area (Å²) in [6.07, 6.45) is 1.49. The van der Waals surface area contributed by atoms with Crippen LogP contribution in [0.5, 0.6) is 0 Å². The predicted molar refractivity (Wildman–Crippen MR) is 106 cm³/mol.